The van der Waals surface area contributed by atoms with Gasteiger partial charge in [0.1, 0.15) is 0 Å². The molecule has 1 aromatic heterocycles. The Balaban J connectivity index is 1.56. The van der Waals surface area contributed by atoms with E-state index in [2.05, 4.69) is 21.2 Å². The zero-order valence-corrected chi connectivity index (χ0v) is 18.6. The highest BCUT2D eigenvalue weighted by atomic mass is 79.9. The van der Waals surface area contributed by atoms with Gasteiger partial charge in [-0.2, -0.15) is 0 Å². The Morgan fingerprint density at radius 3 is 2.66 bits per heavy atom. The molecule has 4 nitrogen and oxygen atoms in total. The summed E-state index contributed by atoms with van der Waals surface area (Å²) >= 11 is 11.1. The van der Waals surface area contributed by atoms with Crippen molar-refractivity contribution >= 4 is 56.4 Å². The van der Waals surface area contributed by atoms with Crippen LogP contribution >= 0.6 is 38.9 Å². The molecule has 2 amide bonds. The van der Waals surface area contributed by atoms with E-state index in [1.165, 1.54) is 11.3 Å². The van der Waals surface area contributed by atoms with Crippen LogP contribution in [0.15, 0.2) is 64.5 Å². The number of carbonyl (C=O) groups is 2. The standard InChI is InChI=1S/C22H18BrClN2O2S/c23-16-4-1-3-14(11-16)13-26(17-7-8-17)22(28)15-6-9-18(24)19(12-15)25-21(27)20-5-2-10-29-20/h1-6,9-12,17H,7-8,13H2,(H,25,27). The van der Waals surface area contributed by atoms with Gasteiger partial charge in [-0.15, -0.1) is 11.3 Å². The topological polar surface area (TPSA) is 49.4 Å². The smallest absolute Gasteiger partial charge is 0.265 e. The number of benzene rings is 2. The first kappa shape index (κ1) is 20.1. The number of nitrogens with one attached hydrogen (secondary N) is 1. The van der Waals surface area contributed by atoms with Crippen LogP contribution < -0.4 is 5.32 Å². The first-order valence-corrected chi connectivity index (χ1v) is 11.3. The third kappa shape index (κ3) is 4.89. The van der Waals surface area contributed by atoms with Crippen molar-refractivity contribution in [2.24, 2.45) is 0 Å². The molecule has 148 valence electrons. The highest BCUT2D eigenvalue weighted by molar-refractivity contribution is 9.10. The number of thiophene rings is 1. The summed E-state index contributed by atoms with van der Waals surface area (Å²) < 4.78 is 0.989. The van der Waals surface area contributed by atoms with Crippen LogP contribution in [0.5, 0.6) is 0 Å². The molecule has 29 heavy (non-hydrogen) atoms. The van der Waals surface area contributed by atoms with Gasteiger partial charge in [0, 0.05) is 22.6 Å². The lowest BCUT2D eigenvalue weighted by molar-refractivity contribution is 0.0729. The fourth-order valence-electron chi connectivity index (χ4n) is 3.10. The molecule has 0 radical (unpaired) electrons. The molecular weight excluding hydrogens is 472 g/mol. The average Bonchev–Trinajstić information content (AvgIpc) is 3.39. The second-order valence-electron chi connectivity index (χ2n) is 6.92. The Hall–Kier alpha value is -2.15. The number of nitrogens with zero attached hydrogens (tertiary/aromatic N) is 1. The Labute approximate surface area is 186 Å². The monoisotopic (exact) mass is 488 g/mol. The molecule has 4 rings (SSSR count). The maximum Gasteiger partial charge on any atom is 0.265 e. The van der Waals surface area contributed by atoms with E-state index >= 15 is 0 Å². The zero-order chi connectivity index (χ0) is 20.4. The molecule has 0 unspecified atom stereocenters. The lowest BCUT2D eigenvalue weighted by Crippen LogP contribution is -2.32. The minimum atomic E-state index is -0.236. The number of hydrogen-bond acceptors (Lipinski definition) is 3. The third-order valence-corrected chi connectivity index (χ3v) is 6.39. The Kier molecular flexibility index (Phi) is 6.04. The highest BCUT2D eigenvalue weighted by Crippen LogP contribution is 2.32. The van der Waals surface area contributed by atoms with Crippen LogP contribution in [0.2, 0.25) is 5.02 Å². The van der Waals surface area contributed by atoms with Crippen LogP contribution in [-0.2, 0) is 6.54 Å². The quantitative estimate of drug-likeness (QED) is 0.447. The maximum atomic E-state index is 13.3. The van der Waals surface area contributed by atoms with Crippen molar-refractivity contribution in [3.8, 4) is 0 Å². The maximum absolute atomic E-state index is 13.3. The van der Waals surface area contributed by atoms with Gasteiger partial charge in [-0.05, 0) is 60.2 Å². The second-order valence-corrected chi connectivity index (χ2v) is 9.19. The minimum absolute atomic E-state index is 0.0595. The normalized spacial score (nSPS) is 13.2. The van der Waals surface area contributed by atoms with Crippen LogP contribution in [0.25, 0.3) is 0 Å². The number of amides is 2. The van der Waals surface area contributed by atoms with Gasteiger partial charge in [-0.3, -0.25) is 9.59 Å². The summed E-state index contributed by atoms with van der Waals surface area (Å²) in [6.45, 7) is 0.544. The van der Waals surface area contributed by atoms with Gasteiger partial charge < -0.3 is 10.2 Å². The summed E-state index contributed by atoms with van der Waals surface area (Å²) in [5.41, 5.74) is 2.02. The SMILES string of the molecule is O=C(Nc1cc(C(=O)N(Cc2cccc(Br)c2)C2CC2)ccc1Cl)c1cccs1. The van der Waals surface area contributed by atoms with E-state index in [-0.39, 0.29) is 17.9 Å². The number of carbonyl (C=O) groups excluding carboxylic acids is 2. The van der Waals surface area contributed by atoms with Gasteiger partial charge in [0.2, 0.25) is 0 Å². The van der Waals surface area contributed by atoms with Gasteiger partial charge >= 0.3 is 0 Å². The number of rotatable bonds is 6. The van der Waals surface area contributed by atoms with Gasteiger partial charge in [0.05, 0.1) is 15.6 Å². The first-order valence-electron chi connectivity index (χ1n) is 9.21. The number of anilines is 1. The van der Waals surface area contributed by atoms with E-state index in [4.69, 9.17) is 11.6 Å². The van der Waals surface area contributed by atoms with Crippen LogP contribution in [0.4, 0.5) is 5.69 Å². The van der Waals surface area contributed by atoms with Crippen molar-refractivity contribution < 1.29 is 9.59 Å². The molecule has 0 aliphatic heterocycles. The summed E-state index contributed by atoms with van der Waals surface area (Å²) in [5, 5.41) is 5.05. The summed E-state index contributed by atoms with van der Waals surface area (Å²) in [4.78, 5) is 28.1. The van der Waals surface area contributed by atoms with E-state index < -0.39 is 0 Å². The fourth-order valence-corrected chi connectivity index (χ4v) is 4.33. The summed E-state index contributed by atoms with van der Waals surface area (Å²) in [6, 6.07) is 16.8. The molecule has 0 atom stereocenters. The highest BCUT2D eigenvalue weighted by Gasteiger charge is 2.33. The van der Waals surface area contributed by atoms with Crippen molar-refractivity contribution in [3.63, 3.8) is 0 Å². The molecule has 1 saturated carbocycles. The molecule has 1 N–H and O–H groups in total. The average molecular weight is 490 g/mol. The fraction of sp³-hybridized carbons (Fsp3) is 0.182. The van der Waals surface area contributed by atoms with Crippen molar-refractivity contribution in [3.05, 3.63) is 85.5 Å². The molecule has 0 saturated heterocycles. The largest absolute Gasteiger partial charge is 0.331 e. The predicted octanol–water partition coefficient (Wildman–Crippen LogP) is 6.22. The Bertz CT molecular complexity index is 1050. The van der Waals surface area contributed by atoms with Gasteiger partial charge in [0.25, 0.3) is 11.8 Å². The van der Waals surface area contributed by atoms with Gasteiger partial charge in [-0.25, -0.2) is 0 Å². The van der Waals surface area contributed by atoms with Gasteiger partial charge in [-0.1, -0.05) is 45.7 Å². The number of halogens is 2. The second kappa shape index (κ2) is 8.69. The molecule has 1 aliphatic carbocycles. The van der Waals surface area contributed by atoms with Crippen molar-refractivity contribution in [2.45, 2.75) is 25.4 Å². The van der Waals surface area contributed by atoms with Crippen LogP contribution in [0, 0.1) is 0 Å². The Morgan fingerprint density at radius 1 is 1.14 bits per heavy atom. The van der Waals surface area contributed by atoms with E-state index in [0.717, 1.165) is 22.9 Å². The molecule has 2 aromatic carbocycles. The zero-order valence-electron chi connectivity index (χ0n) is 15.4. The van der Waals surface area contributed by atoms with Crippen molar-refractivity contribution in [1.29, 1.82) is 0 Å². The van der Waals surface area contributed by atoms with Crippen LogP contribution in [-0.4, -0.2) is 22.8 Å². The molecule has 0 bridgehead atoms. The summed E-state index contributed by atoms with van der Waals surface area (Å²) in [5.74, 6) is -0.296. The van der Waals surface area contributed by atoms with Crippen LogP contribution in [0.3, 0.4) is 0 Å². The van der Waals surface area contributed by atoms with Crippen molar-refractivity contribution in [2.75, 3.05) is 5.32 Å². The lowest BCUT2D eigenvalue weighted by Gasteiger charge is -2.23. The number of hydrogen-bond donors (Lipinski definition) is 1. The van der Waals surface area contributed by atoms with E-state index in [9.17, 15) is 9.59 Å². The molecular formula is C22H18BrClN2O2S. The third-order valence-electron chi connectivity index (χ3n) is 4.70. The van der Waals surface area contributed by atoms with E-state index in [1.807, 2.05) is 40.6 Å². The molecule has 3 aromatic rings. The summed E-state index contributed by atoms with van der Waals surface area (Å²) in [7, 11) is 0. The first-order chi connectivity index (χ1) is 14.0. The van der Waals surface area contributed by atoms with Crippen LogP contribution in [0.1, 0.15) is 38.4 Å². The predicted molar refractivity (Wildman–Crippen MR) is 121 cm³/mol. The lowest BCUT2D eigenvalue weighted by atomic mass is 10.1. The van der Waals surface area contributed by atoms with E-state index in [0.29, 0.717) is 27.7 Å². The molecule has 7 heteroatoms. The van der Waals surface area contributed by atoms with Gasteiger partial charge in [0.15, 0.2) is 0 Å². The van der Waals surface area contributed by atoms with E-state index in [1.54, 1.807) is 24.3 Å². The molecule has 0 spiro atoms. The summed E-state index contributed by atoms with van der Waals surface area (Å²) in [6.07, 6.45) is 2.02. The Morgan fingerprint density at radius 2 is 1.97 bits per heavy atom. The van der Waals surface area contributed by atoms with Crippen molar-refractivity contribution in [1.82, 2.24) is 4.90 Å². The minimum Gasteiger partial charge on any atom is -0.331 e. The molecule has 1 fully saturated rings. The molecule has 1 aliphatic rings. The molecule has 1 heterocycles.